The van der Waals surface area contributed by atoms with Crippen molar-refractivity contribution in [2.75, 3.05) is 6.54 Å². The fourth-order valence-electron chi connectivity index (χ4n) is 2.30. The predicted octanol–water partition coefficient (Wildman–Crippen LogP) is 2.58. The van der Waals surface area contributed by atoms with Gasteiger partial charge < -0.3 is 11.1 Å². The number of halogens is 3. The summed E-state index contributed by atoms with van der Waals surface area (Å²) in [5.74, 6) is -0.162. The maximum Gasteiger partial charge on any atom is 0.253 e. The summed E-state index contributed by atoms with van der Waals surface area (Å²) >= 11 is 5.94. The minimum absolute atomic E-state index is 0. The van der Waals surface area contributed by atoms with E-state index in [2.05, 4.69) is 10.3 Å². The van der Waals surface area contributed by atoms with E-state index in [1.807, 2.05) is 0 Å². The zero-order valence-electron chi connectivity index (χ0n) is 10.4. The minimum Gasteiger partial charge on any atom is -0.345 e. The van der Waals surface area contributed by atoms with Gasteiger partial charge in [0.25, 0.3) is 5.91 Å². The molecule has 0 aromatic carbocycles. The van der Waals surface area contributed by atoms with Crippen molar-refractivity contribution in [3.8, 4) is 0 Å². The lowest BCUT2D eigenvalue weighted by molar-refractivity contribution is 0.0903. The van der Waals surface area contributed by atoms with E-state index >= 15 is 0 Å². The third-order valence-electron chi connectivity index (χ3n) is 3.35. The topological polar surface area (TPSA) is 68.0 Å². The summed E-state index contributed by atoms with van der Waals surface area (Å²) in [6.45, 7) is 0.474. The molecule has 1 aliphatic rings. The molecule has 0 aliphatic heterocycles. The van der Waals surface area contributed by atoms with Crippen molar-refractivity contribution >= 4 is 42.3 Å². The van der Waals surface area contributed by atoms with Crippen LogP contribution in [0.1, 0.15) is 36.0 Å². The van der Waals surface area contributed by atoms with Gasteiger partial charge in [0.05, 0.1) is 16.1 Å². The number of hydrogen-bond donors (Lipinski definition) is 2. The number of nitrogens with two attached hydrogens (primary N) is 1. The third kappa shape index (κ3) is 4.21. The number of nitrogens with one attached hydrogen (secondary N) is 1. The number of aromatic nitrogens is 1. The molecule has 1 aliphatic carbocycles. The summed E-state index contributed by atoms with van der Waals surface area (Å²) in [5.41, 5.74) is 5.99. The van der Waals surface area contributed by atoms with Gasteiger partial charge in [-0.05, 0) is 18.9 Å². The summed E-state index contributed by atoms with van der Waals surface area (Å²) in [5, 5.41) is 3.39. The first-order valence-corrected chi connectivity index (χ1v) is 6.17. The van der Waals surface area contributed by atoms with E-state index in [-0.39, 0.29) is 36.3 Å². The van der Waals surface area contributed by atoms with Crippen LogP contribution in [-0.4, -0.2) is 23.0 Å². The summed E-state index contributed by atoms with van der Waals surface area (Å²) in [7, 11) is 0. The van der Waals surface area contributed by atoms with Gasteiger partial charge in [-0.25, -0.2) is 0 Å². The number of nitrogens with zero attached hydrogens (tertiary/aromatic N) is 1. The van der Waals surface area contributed by atoms with Crippen LogP contribution < -0.4 is 11.1 Å². The molecule has 4 nitrogen and oxygen atoms in total. The van der Waals surface area contributed by atoms with Crippen molar-refractivity contribution in [1.29, 1.82) is 0 Å². The van der Waals surface area contributed by atoms with Crippen molar-refractivity contribution in [3.05, 3.63) is 29.0 Å². The first-order chi connectivity index (χ1) is 8.17. The fraction of sp³-hybridized carbons (Fsp3) is 0.500. The molecule has 0 unspecified atom stereocenters. The lowest BCUT2D eigenvalue weighted by atomic mass is 9.97. The standard InChI is InChI=1S/C12H16ClN3O.2ClH/c13-10-7-15-6-3-9(10)11(17)16-12(8-14)4-1-2-5-12;;/h3,6-7H,1-2,4-5,8,14H2,(H,16,17);2*1H. The summed E-state index contributed by atoms with van der Waals surface area (Å²) in [6.07, 6.45) is 7.14. The molecule has 0 radical (unpaired) electrons. The Hall–Kier alpha value is -0.550. The molecule has 3 N–H and O–H groups in total. The van der Waals surface area contributed by atoms with E-state index < -0.39 is 0 Å². The number of rotatable bonds is 3. The Kier molecular flexibility index (Phi) is 7.67. The van der Waals surface area contributed by atoms with Crippen LogP contribution in [0, 0.1) is 0 Å². The second-order valence-corrected chi connectivity index (χ2v) is 4.91. The molecule has 1 fully saturated rings. The van der Waals surface area contributed by atoms with Gasteiger partial charge >= 0.3 is 0 Å². The monoisotopic (exact) mass is 325 g/mol. The van der Waals surface area contributed by atoms with Gasteiger partial charge in [-0.3, -0.25) is 9.78 Å². The van der Waals surface area contributed by atoms with Crippen LogP contribution in [0.15, 0.2) is 18.5 Å². The van der Waals surface area contributed by atoms with Gasteiger partial charge in [-0.15, -0.1) is 24.8 Å². The molecule has 0 spiro atoms. The second-order valence-electron chi connectivity index (χ2n) is 4.50. The summed E-state index contributed by atoms with van der Waals surface area (Å²) in [4.78, 5) is 16.0. The average Bonchev–Trinajstić information content (AvgIpc) is 2.79. The number of amides is 1. The maximum absolute atomic E-state index is 12.1. The van der Waals surface area contributed by atoms with Crippen molar-refractivity contribution in [2.45, 2.75) is 31.2 Å². The van der Waals surface area contributed by atoms with Crippen molar-refractivity contribution in [3.63, 3.8) is 0 Å². The molecule has 1 aromatic rings. The molecule has 19 heavy (non-hydrogen) atoms. The molecule has 1 amide bonds. The Balaban J connectivity index is 0.00000162. The Morgan fingerprint density at radius 2 is 2.05 bits per heavy atom. The SMILES string of the molecule is Cl.Cl.NCC1(NC(=O)c2ccncc2Cl)CCCC1. The second kappa shape index (κ2) is 7.90. The van der Waals surface area contributed by atoms with Gasteiger partial charge in [-0.1, -0.05) is 24.4 Å². The van der Waals surface area contributed by atoms with Gasteiger partial charge in [-0.2, -0.15) is 0 Å². The first kappa shape index (κ1) is 18.4. The highest BCUT2D eigenvalue weighted by Gasteiger charge is 2.34. The largest absolute Gasteiger partial charge is 0.345 e. The fourth-order valence-corrected chi connectivity index (χ4v) is 2.50. The highest BCUT2D eigenvalue weighted by Crippen LogP contribution is 2.29. The lowest BCUT2D eigenvalue weighted by Gasteiger charge is -2.28. The lowest BCUT2D eigenvalue weighted by Crippen LogP contribution is -2.51. The van der Waals surface area contributed by atoms with Gasteiger partial charge in [0.1, 0.15) is 0 Å². The molecule has 1 heterocycles. The Bertz CT molecular complexity index is 422. The van der Waals surface area contributed by atoms with Crippen LogP contribution in [0.5, 0.6) is 0 Å². The van der Waals surface area contributed by atoms with Crippen LogP contribution in [0.4, 0.5) is 0 Å². The van der Waals surface area contributed by atoms with E-state index in [9.17, 15) is 4.79 Å². The Labute approximate surface area is 130 Å². The molecule has 108 valence electrons. The highest BCUT2D eigenvalue weighted by atomic mass is 35.5. The first-order valence-electron chi connectivity index (χ1n) is 5.79. The number of hydrogen-bond acceptors (Lipinski definition) is 3. The van der Waals surface area contributed by atoms with Crippen LogP contribution in [-0.2, 0) is 0 Å². The molecule has 0 atom stereocenters. The summed E-state index contributed by atoms with van der Waals surface area (Å²) in [6, 6.07) is 1.62. The minimum atomic E-state index is -0.246. The van der Waals surface area contributed by atoms with E-state index in [4.69, 9.17) is 17.3 Å². The number of carbonyl (C=O) groups excluding carboxylic acids is 1. The van der Waals surface area contributed by atoms with Crippen LogP contribution in [0.2, 0.25) is 5.02 Å². The molecule has 0 bridgehead atoms. The van der Waals surface area contributed by atoms with Gasteiger partial charge in [0.2, 0.25) is 0 Å². The Morgan fingerprint density at radius 3 is 2.58 bits per heavy atom. The maximum atomic E-state index is 12.1. The van der Waals surface area contributed by atoms with E-state index in [1.165, 1.54) is 6.20 Å². The van der Waals surface area contributed by atoms with Crippen molar-refractivity contribution in [1.82, 2.24) is 10.3 Å². The zero-order valence-corrected chi connectivity index (χ0v) is 12.8. The number of carbonyl (C=O) groups is 1. The van der Waals surface area contributed by atoms with Crippen LogP contribution in [0.25, 0.3) is 0 Å². The molecular weight excluding hydrogens is 309 g/mol. The smallest absolute Gasteiger partial charge is 0.253 e. The zero-order chi connectivity index (χ0) is 12.3. The molecule has 1 aromatic heterocycles. The molecule has 1 saturated carbocycles. The highest BCUT2D eigenvalue weighted by molar-refractivity contribution is 6.33. The van der Waals surface area contributed by atoms with E-state index in [1.54, 1.807) is 12.3 Å². The van der Waals surface area contributed by atoms with Crippen molar-refractivity contribution in [2.24, 2.45) is 5.73 Å². The predicted molar refractivity (Wildman–Crippen MR) is 81.5 cm³/mol. The molecule has 2 rings (SSSR count). The average molecular weight is 327 g/mol. The van der Waals surface area contributed by atoms with E-state index in [0.29, 0.717) is 17.1 Å². The Morgan fingerprint density at radius 1 is 1.42 bits per heavy atom. The van der Waals surface area contributed by atoms with Crippen LogP contribution in [0.3, 0.4) is 0 Å². The normalized spacial score (nSPS) is 16.1. The van der Waals surface area contributed by atoms with Gasteiger partial charge in [0.15, 0.2) is 0 Å². The molecule has 0 saturated heterocycles. The third-order valence-corrected chi connectivity index (χ3v) is 3.65. The van der Waals surface area contributed by atoms with Crippen molar-refractivity contribution < 1.29 is 4.79 Å². The summed E-state index contributed by atoms with van der Waals surface area (Å²) < 4.78 is 0. The quantitative estimate of drug-likeness (QED) is 0.897. The number of pyridine rings is 1. The molecular formula is C12H18Cl3N3O. The van der Waals surface area contributed by atoms with Crippen LogP contribution >= 0.6 is 36.4 Å². The van der Waals surface area contributed by atoms with Gasteiger partial charge in [0, 0.05) is 18.9 Å². The van der Waals surface area contributed by atoms with E-state index in [0.717, 1.165) is 25.7 Å². The molecule has 7 heteroatoms.